The number of hydrogen-bond donors (Lipinski definition) is 2. The van der Waals surface area contributed by atoms with Gasteiger partial charge < -0.3 is 15.0 Å². The normalized spacial score (nSPS) is 24.8. The third-order valence-corrected chi connectivity index (χ3v) is 2.71. The van der Waals surface area contributed by atoms with Crippen molar-refractivity contribution in [2.45, 2.75) is 32.0 Å². The van der Waals surface area contributed by atoms with Gasteiger partial charge in [-0.3, -0.25) is 0 Å². The molecule has 0 saturated carbocycles. The highest BCUT2D eigenvalue weighted by Gasteiger charge is 2.17. The first kappa shape index (κ1) is 9.74. The van der Waals surface area contributed by atoms with E-state index < -0.39 is 0 Å². The van der Waals surface area contributed by atoms with E-state index in [9.17, 15) is 0 Å². The lowest BCUT2D eigenvalue weighted by Crippen LogP contribution is -2.35. The Balaban J connectivity index is 1.84. The van der Waals surface area contributed by atoms with E-state index in [2.05, 4.69) is 23.3 Å². The first-order chi connectivity index (χ1) is 6.86. The summed E-state index contributed by atoms with van der Waals surface area (Å²) in [6.45, 7) is 4.22. The molecule has 0 amide bonds. The lowest BCUT2D eigenvalue weighted by atomic mass is 10.1. The fourth-order valence-corrected chi connectivity index (χ4v) is 1.90. The number of rotatable bonds is 3. The van der Waals surface area contributed by atoms with Crippen LogP contribution in [-0.4, -0.2) is 24.2 Å². The molecule has 0 aliphatic carbocycles. The maximum atomic E-state index is 5.94. The highest BCUT2D eigenvalue weighted by molar-refractivity contribution is 5.06. The van der Waals surface area contributed by atoms with E-state index in [1.807, 2.05) is 12.3 Å². The van der Waals surface area contributed by atoms with E-state index in [1.54, 1.807) is 0 Å². The number of piperidine rings is 1. The maximum absolute atomic E-state index is 5.94. The number of H-pyrrole nitrogens is 1. The molecule has 78 valence electrons. The predicted molar refractivity (Wildman–Crippen MR) is 56.2 cm³/mol. The summed E-state index contributed by atoms with van der Waals surface area (Å²) >= 11 is 0. The van der Waals surface area contributed by atoms with E-state index in [0.29, 0.717) is 6.10 Å². The molecule has 1 aromatic rings. The van der Waals surface area contributed by atoms with Crippen molar-refractivity contribution < 1.29 is 4.74 Å². The molecule has 2 N–H and O–H groups in total. The average molecular weight is 194 g/mol. The Labute approximate surface area is 84.9 Å². The second-order valence-corrected chi connectivity index (χ2v) is 3.87. The van der Waals surface area contributed by atoms with Crippen molar-refractivity contribution in [2.75, 3.05) is 13.1 Å². The van der Waals surface area contributed by atoms with Crippen LogP contribution in [0.25, 0.3) is 0 Å². The first-order valence-corrected chi connectivity index (χ1v) is 5.36. The lowest BCUT2D eigenvalue weighted by Gasteiger charge is -2.26. The standard InChI is InChI=1S/C11H18N2O/c1-9(11-5-3-7-13-11)14-10-4-2-6-12-8-10/h3,5,7,9-10,12-13H,2,4,6,8H2,1H3. The van der Waals surface area contributed by atoms with Crippen LogP contribution in [0.1, 0.15) is 31.6 Å². The highest BCUT2D eigenvalue weighted by Crippen LogP contribution is 2.19. The quantitative estimate of drug-likeness (QED) is 0.770. The largest absolute Gasteiger partial charge is 0.368 e. The van der Waals surface area contributed by atoms with E-state index in [1.165, 1.54) is 12.8 Å². The zero-order chi connectivity index (χ0) is 9.80. The summed E-state index contributed by atoms with van der Waals surface area (Å²) in [6.07, 6.45) is 4.89. The average Bonchev–Trinajstić information content (AvgIpc) is 2.72. The molecule has 1 fully saturated rings. The molecular formula is C11H18N2O. The number of aromatic amines is 1. The highest BCUT2D eigenvalue weighted by atomic mass is 16.5. The molecule has 3 nitrogen and oxygen atoms in total. The molecule has 0 radical (unpaired) electrons. The van der Waals surface area contributed by atoms with Crippen molar-refractivity contribution in [2.24, 2.45) is 0 Å². The number of aromatic nitrogens is 1. The smallest absolute Gasteiger partial charge is 0.0948 e. The van der Waals surface area contributed by atoms with E-state index in [4.69, 9.17) is 4.74 Å². The van der Waals surface area contributed by atoms with Crippen LogP contribution in [0.15, 0.2) is 18.3 Å². The van der Waals surface area contributed by atoms with Crippen molar-refractivity contribution in [3.63, 3.8) is 0 Å². The van der Waals surface area contributed by atoms with E-state index >= 15 is 0 Å². The molecule has 2 atom stereocenters. The minimum absolute atomic E-state index is 0.176. The number of hydrogen-bond acceptors (Lipinski definition) is 2. The molecule has 1 saturated heterocycles. The Kier molecular flexibility index (Phi) is 3.22. The molecule has 3 heteroatoms. The molecule has 1 aromatic heterocycles. The van der Waals surface area contributed by atoms with Gasteiger partial charge in [0.25, 0.3) is 0 Å². The molecule has 14 heavy (non-hydrogen) atoms. The Morgan fingerprint density at radius 1 is 1.57 bits per heavy atom. The van der Waals surface area contributed by atoms with Crippen LogP contribution in [-0.2, 0) is 4.74 Å². The van der Waals surface area contributed by atoms with Gasteiger partial charge in [-0.05, 0) is 38.4 Å². The van der Waals surface area contributed by atoms with Gasteiger partial charge in [0.1, 0.15) is 0 Å². The van der Waals surface area contributed by atoms with Crippen molar-refractivity contribution in [3.05, 3.63) is 24.0 Å². The predicted octanol–water partition coefficient (Wildman–Crippen LogP) is 1.84. The number of ether oxygens (including phenoxy) is 1. The first-order valence-electron chi connectivity index (χ1n) is 5.36. The number of nitrogens with one attached hydrogen (secondary N) is 2. The molecule has 0 aromatic carbocycles. The Bertz CT molecular complexity index is 252. The zero-order valence-electron chi connectivity index (χ0n) is 8.62. The molecule has 2 unspecified atom stereocenters. The lowest BCUT2D eigenvalue weighted by molar-refractivity contribution is -0.0167. The third kappa shape index (κ3) is 2.36. The summed E-state index contributed by atoms with van der Waals surface area (Å²) < 4.78 is 5.94. The van der Waals surface area contributed by atoms with Crippen LogP contribution in [0.2, 0.25) is 0 Å². The fraction of sp³-hybridized carbons (Fsp3) is 0.636. The summed E-state index contributed by atoms with van der Waals surface area (Å²) in [5.41, 5.74) is 1.16. The van der Waals surface area contributed by atoms with Crippen LogP contribution < -0.4 is 5.32 Å². The van der Waals surface area contributed by atoms with Crippen LogP contribution >= 0.6 is 0 Å². The van der Waals surface area contributed by atoms with Gasteiger partial charge >= 0.3 is 0 Å². The molecule has 0 bridgehead atoms. The monoisotopic (exact) mass is 194 g/mol. The second kappa shape index (κ2) is 4.62. The van der Waals surface area contributed by atoms with Crippen molar-refractivity contribution in [3.8, 4) is 0 Å². The van der Waals surface area contributed by atoms with Crippen molar-refractivity contribution in [1.82, 2.24) is 10.3 Å². The van der Waals surface area contributed by atoms with E-state index in [-0.39, 0.29) is 6.10 Å². The minimum atomic E-state index is 0.176. The van der Waals surface area contributed by atoms with Crippen LogP contribution in [0, 0.1) is 0 Å². The SMILES string of the molecule is CC(OC1CCCNC1)c1ccc[nH]1. The second-order valence-electron chi connectivity index (χ2n) is 3.87. The topological polar surface area (TPSA) is 37.0 Å². The van der Waals surface area contributed by atoms with Gasteiger partial charge in [0, 0.05) is 18.4 Å². The summed E-state index contributed by atoms with van der Waals surface area (Å²) in [6, 6.07) is 4.08. The minimum Gasteiger partial charge on any atom is -0.368 e. The van der Waals surface area contributed by atoms with Gasteiger partial charge in [-0.2, -0.15) is 0 Å². The van der Waals surface area contributed by atoms with Gasteiger partial charge in [-0.15, -0.1) is 0 Å². The molecule has 0 spiro atoms. The van der Waals surface area contributed by atoms with Gasteiger partial charge in [-0.25, -0.2) is 0 Å². The summed E-state index contributed by atoms with van der Waals surface area (Å²) in [4.78, 5) is 3.18. The van der Waals surface area contributed by atoms with Gasteiger partial charge in [0.2, 0.25) is 0 Å². The molecule has 1 aliphatic heterocycles. The van der Waals surface area contributed by atoms with Crippen LogP contribution in [0.5, 0.6) is 0 Å². The Morgan fingerprint density at radius 3 is 3.14 bits per heavy atom. The zero-order valence-corrected chi connectivity index (χ0v) is 8.62. The molecule has 2 heterocycles. The van der Waals surface area contributed by atoms with Crippen LogP contribution in [0.3, 0.4) is 0 Å². The van der Waals surface area contributed by atoms with Gasteiger partial charge in [-0.1, -0.05) is 0 Å². The van der Waals surface area contributed by atoms with E-state index in [0.717, 1.165) is 18.8 Å². The summed E-state index contributed by atoms with van der Waals surface area (Å²) in [7, 11) is 0. The summed E-state index contributed by atoms with van der Waals surface area (Å²) in [5, 5.41) is 3.35. The van der Waals surface area contributed by atoms with Crippen molar-refractivity contribution in [1.29, 1.82) is 0 Å². The van der Waals surface area contributed by atoms with Crippen molar-refractivity contribution >= 4 is 0 Å². The molecule has 1 aliphatic rings. The third-order valence-electron chi connectivity index (χ3n) is 2.71. The molecular weight excluding hydrogens is 176 g/mol. The maximum Gasteiger partial charge on any atom is 0.0948 e. The fourth-order valence-electron chi connectivity index (χ4n) is 1.90. The van der Waals surface area contributed by atoms with Crippen LogP contribution in [0.4, 0.5) is 0 Å². The Hall–Kier alpha value is -0.800. The summed E-state index contributed by atoms with van der Waals surface area (Å²) in [5.74, 6) is 0. The molecule has 2 rings (SSSR count). The van der Waals surface area contributed by atoms with Gasteiger partial charge in [0.05, 0.1) is 12.2 Å². The Morgan fingerprint density at radius 2 is 2.50 bits per heavy atom. The van der Waals surface area contributed by atoms with Gasteiger partial charge in [0.15, 0.2) is 0 Å².